The van der Waals surface area contributed by atoms with E-state index in [1.54, 1.807) is 24.2 Å². The van der Waals surface area contributed by atoms with E-state index in [4.69, 9.17) is 5.11 Å². The Morgan fingerprint density at radius 2 is 2.31 bits per heavy atom. The third-order valence-electron chi connectivity index (χ3n) is 2.88. The Kier molecular flexibility index (Phi) is 2.60. The van der Waals surface area contributed by atoms with E-state index in [1.165, 1.54) is 6.20 Å². The van der Waals surface area contributed by atoms with Crippen LogP contribution in [-0.2, 0) is 4.79 Å². The zero-order chi connectivity index (χ0) is 11.7. The Bertz CT molecular complexity index is 445. The maximum atomic E-state index is 11.4. The van der Waals surface area contributed by atoms with Gasteiger partial charge in [-0.1, -0.05) is 0 Å². The van der Waals surface area contributed by atoms with Crippen LogP contribution in [-0.4, -0.2) is 33.9 Å². The van der Waals surface area contributed by atoms with Gasteiger partial charge >= 0.3 is 5.97 Å². The van der Waals surface area contributed by atoms with Crippen LogP contribution in [0.4, 0.5) is 0 Å². The standard InChI is InChI=1S/C11H12N2O3/c1-13-9(2-3-10(13)14)7-4-8(11(15)16)6-12-5-7/h4-6,9H,2-3H2,1H3,(H,15,16)/t9-/m1/s1. The van der Waals surface area contributed by atoms with Gasteiger partial charge in [-0.3, -0.25) is 9.78 Å². The van der Waals surface area contributed by atoms with Crippen molar-refractivity contribution in [3.63, 3.8) is 0 Å². The van der Waals surface area contributed by atoms with Crippen molar-refractivity contribution >= 4 is 11.9 Å². The lowest BCUT2D eigenvalue weighted by molar-refractivity contribution is -0.127. The van der Waals surface area contributed by atoms with Gasteiger partial charge in [0.15, 0.2) is 0 Å². The SMILES string of the molecule is CN1C(=O)CC[C@@H]1c1cncc(C(=O)O)c1. The molecular formula is C11H12N2O3. The normalized spacial score (nSPS) is 20.2. The number of carboxylic acids is 1. The summed E-state index contributed by atoms with van der Waals surface area (Å²) in [6, 6.07) is 1.54. The molecule has 0 aromatic carbocycles. The summed E-state index contributed by atoms with van der Waals surface area (Å²) in [5.41, 5.74) is 0.943. The van der Waals surface area contributed by atoms with Gasteiger partial charge in [-0.05, 0) is 18.1 Å². The predicted molar refractivity (Wildman–Crippen MR) is 55.9 cm³/mol. The average molecular weight is 220 g/mol. The van der Waals surface area contributed by atoms with Gasteiger partial charge in [0.25, 0.3) is 0 Å². The van der Waals surface area contributed by atoms with E-state index in [2.05, 4.69) is 4.98 Å². The summed E-state index contributed by atoms with van der Waals surface area (Å²) >= 11 is 0. The largest absolute Gasteiger partial charge is 0.478 e. The summed E-state index contributed by atoms with van der Waals surface area (Å²) < 4.78 is 0. The summed E-state index contributed by atoms with van der Waals surface area (Å²) in [6.45, 7) is 0. The van der Waals surface area contributed by atoms with Crippen molar-refractivity contribution in [3.05, 3.63) is 29.6 Å². The Morgan fingerprint density at radius 3 is 2.88 bits per heavy atom. The molecule has 84 valence electrons. The number of hydrogen-bond acceptors (Lipinski definition) is 3. The van der Waals surface area contributed by atoms with Crippen molar-refractivity contribution < 1.29 is 14.7 Å². The zero-order valence-corrected chi connectivity index (χ0v) is 8.88. The molecule has 1 aliphatic rings. The quantitative estimate of drug-likeness (QED) is 0.809. The molecule has 0 spiro atoms. The topological polar surface area (TPSA) is 70.5 Å². The molecule has 5 heteroatoms. The predicted octanol–water partition coefficient (Wildman–Crippen LogP) is 1.07. The van der Waals surface area contributed by atoms with E-state index in [-0.39, 0.29) is 17.5 Å². The third kappa shape index (κ3) is 1.76. The van der Waals surface area contributed by atoms with Crippen LogP contribution < -0.4 is 0 Å². The minimum atomic E-state index is -0.999. The van der Waals surface area contributed by atoms with Crippen LogP contribution in [0.3, 0.4) is 0 Å². The van der Waals surface area contributed by atoms with Gasteiger partial charge in [0.2, 0.25) is 5.91 Å². The van der Waals surface area contributed by atoms with Gasteiger partial charge in [0.1, 0.15) is 0 Å². The van der Waals surface area contributed by atoms with Crippen LogP contribution in [0, 0.1) is 0 Å². The first-order valence-corrected chi connectivity index (χ1v) is 5.03. The number of aromatic carboxylic acids is 1. The summed E-state index contributed by atoms with van der Waals surface area (Å²) in [6.07, 6.45) is 4.16. The van der Waals surface area contributed by atoms with Gasteiger partial charge in [0, 0.05) is 25.9 Å². The minimum absolute atomic E-state index is 0.0423. The molecule has 0 aliphatic carbocycles. The lowest BCUT2D eigenvalue weighted by Crippen LogP contribution is -2.22. The highest BCUT2D eigenvalue weighted by molar-refractivity contribution is 5.87. The average Bonchev–Trinajstić information content (AvgIpc) is 2.60. The Hall–Kier alpha value is -1.91. The number of carbonyl (C=O) groups is 2. The van der Waals surface area contributed by atoms with Gasteiger partial charge in [0.05, 0.1) is 11.6 Å². The first kappa shape index (κ1) is 10.6. The summed E-state index contributed by atoms with van der Waals surface area (Å²) in [7, 11) is 1.73. The number of rotatable bonds is 2. The van der Waals surface area contributed by atoms with Crippen LogP contribution in [0.2, 0.25) is 0 Å². The van der Waals surface area contributed by atoms with Crippen LogP contribution in [0.1, 0.15) is 34.8 Å². The van der Waals surface area contributed by atoms with E-state index in [0.717, 1.165) is 12.0 Å². The fourth-order valence-electron chi connectivity index (χ4n) is 1.95. The fourth-order valence-corrected chi connectivity index (χ4v) is 1.95. The highest BCUT2D eigenvalue weighted by Crippen LogP contribution is 2.30. The monoisotopic (exact) mass is 220 g/mol. The second kappa shape index (κ2) is 3.92. The van der Waals surface area contributed by atoms with Crippen molar-refractivity contribution in [2.45, 2.75) is 18.9 Å². The number of aromatic nitrogens is 1. The number of pyridine rings is 1. The first-order valence-electron chi connectivity index (χ1n) is 5.03. The van der Waals surface area contributed by atoms with Crippen molar-refractivity contribution in [2.24, 2.45) is 0 Å². The molecule has 16 heavy (non-hydrogen) atoms. The molecule has 1 saturated heterocycles. The number of amides is 1. The maximum Gasteiger partial charge on any atom is 0.337 e. The second-order valence-electron chi connectivity index (χ2n) is 3.87. The molecule has 1 atom stereocenters. The third-order valence-corrected chi connectivity index (χ3v) is 2.88. The summed E-state index contributed by atoms with van der Waals surface area (Å²) in [5.74, 6) is -0.910. The Morgan fingerprint density at radius 1 is 1.56 bits per heavy atom. The van der Waals surface area contributed by atoms with E-state index >= 15 is 0 Å². The molecule has 1 aromatic rings. The Balaban J connectivity index is 2.31. The number of carbonyl (C=O) groups excluding carboxylic acids is 1. The molecule has 2 heterocycles. The van der Waals surface area contributed by atoms with E-state index in [1.807, 2.05) is 0 Å². The number of carboxylic acid groups (broad SMARTS) is 1. The minimum Gasteiger partial charge on any atom is -0.478 e. The van der Waals surface area contributed by atoms with Gasteiger partial charge < -0.3 is 10.0 Å². The number of hydrogen-bond donors (Lipinski definition) is 1. The van der Waals surface area contributed by atoms with Gasteiger partial charge in [-0.15, -0.1) is 0 Å². The summed E-state index contributed by atoms with van der Waals surface area (Å²) in [4.78, 5) is 27.7. The molecule has 1 aliphatic heterocycles. The molecule has 1 amide bonds. The number of likely N-dealkylation sites (tertiary alicyclic amines) is 1. The lowest BCUT2D eigenvalue weighted by atomic mass is 10.1. The van der Waals surface area contributed by atoms with Gasteiger partial charge in [-0.25, -0.2) is 4.79 Å². The van der Waals surface area contributed by atoms with Crippen LogP contribution in [0.5, 0.6) is 0 Å². The van der Waals surface area contributed by atoms with E-state index in [0.29, 0.717) is 6.42 Å². The van der Waals surface area contributed by atoms with Crippen LogP contribution in [0.15, 0.2) is 18.5 Å². The molecule has 1 aromatic heterocycles. The van der Waals surface area contributed by atoms with Gasteiger partial charge in [-0.2, -0.15) is 0 Å². The van der Waals surface area contributed by atoms with Crippen molar-refractivity contribution in [1.82, 2.24) is 9.88 Å². The lowest BCUT2D eigenvalue weighted by Gasteiger charge is -2.19. The molecule has 0 radical (unpaired) electrons. The van der Waals surface area contributed by atoms with Crippen molar-refractivity contribution in [2.75, 3.05) is 7.05 Å². The Labute approximate surface area is 92.7 Å². The van der Waals surface area contributed by atoms with E-state index < -0.39 is 5.97 Å². The molecule has 5 nitrogen and oxygen atoms in total. The highest BCUT2D eigenvalue weighted by Gasteiger charge is 2.29. The highest BCUT2D eigenvalue weighted by atomic mass is 16.4. The van der Waals surface area contributed by atoms with E-state index in [9.17, 15) is 9.59 Å². The molecule has 0 unspecified atom stereocenters. The fraction of sp³-hybridized carbons (Fsp3) is 0.364. The zero-order valence-electron chi connectivity index (χ0n) is 8.88. The molecule has 2 rings (SSSR count). The maximum absolute atomic E-state index is 11.4. The molecule has 1 N–H and O–H groups in total. The molecule has 1 fully saturated rings. The summed E-state index contributed by atoms with van der Waals surface area (Å²) in [5, 5.41) is 8.85. The van der Waals surface area contributed by atoms with Crippen molar-refractivity contribution in [1.29, 1.82) is 0 Å². The van der Waals surface area contributed by atoms with Crippen LogP contribution in [0.25, 0.3) is 0 Å². The molecular weight excluding hydrogens is 208 g/mol. The first-order chi connectivity index (χ1) is 7.59. The molecule has 0 bridgehead atoms. The van der Waals surface area contributed by atoms with Crippen molar-refractivity contribution in [3.8, 4) is 0 Å². The second-order valence-corrected chi connectivity index (χ2v) is 3.87. The smallest absolute Gasteiger partial charge is 0.337 e. The number of nitrogens with zero attached hydrogens (tertiary/aromatic N) is 2. The van der Waals surface area contributed by atoms with Crippen LogP contribution >= 0.6 is 0 Å². The molecule has 0 saturated carbocycles.